The van der Waals surface area contributed by atoms with Crippen LogP contribution in [0, 0.1) is 17.5 Å². The number of carbonyl (C=O) groups is 2. The van der Waals surface area contributed by atoms with Crippen molar-refractivity contribution in [3.63, 3.8) is 0 Å². The summed E-state index contributed by atoms with van der Waals surface area (Å²) in [6.45, 7) is 5.38. The molecule has 1 aliphatic heterocycles. The summed E-state index contributed by atoms with van der Waals surface area (Å²) in [5.41, 5.74) is -1.46. The molecule has 1 atom stereocenters. The van der Waals surface area contributed by atoms with E-state index >= 15 is 0 Å². The van der Waals surface area contributed by atoms with Crippen LogP contribution in [0.1, 0.15) is 47.2 Å². The van der Waals surface area contributed by atoms with Crippen LogP contribution < -0.4 is 10.7 Å². The summed E-state index contributed by atoms with van der Waals surface area (Å²) in [4.78, 5) is 39.5. The molecule has 0 radical (unpaired) electrons. The van der Waals surface area contributed by atoms with Crippen molar-refractivity contribution in [3.8, 4) is 5.75 Å². The van der Waals surface area contributed by atoms with Gasteiger partial charge in [0.05, 0.1) is 6.04 Å². The lowest BCUT2D eigenvalue weighted by molar-refractivity contribution is 0.0652. The largest absolute Gasteiger partial charge is 0.503 e. The average Bonchev–Trinajstić information content (AvgIpc) is 2.74. The van der Waals surface area contributed by atoms with E-state index in [-0.39, 0.29) is 24.8 Å². The first-order chi connectivity index (χ1) is 15.1. The van der Waals surface area contributed by atoms with E-state index in [0.29, 0.717) is 12.1 Å². The third kappa shape index (κ3) is 4.12. The van der Waals surface area contributed by atoms with Gasteiger partial charge in [-0.1, -0.05) is 11.6 Å². The second-order valence-electron chi connectivity index (χ2n) is 7.50. The van der Waals surface area contributed by atoms with Crippen LogP contribution >= 0.6 is 0 Å². The van der Waals surface area contributed by atoms with Gasteiger partial charge in [0.1, 0.15) is 23.0 Å². The Labute approximate surface area is 181 Å². The summed E-state index contributed by atoms with van der Waals surface area (Å²) in [6, 6.07) is 0.690. The molecule has 2 N–H and O–H groups in total. The summed E-state index contributed by atoms with van der Waals surface area (Å²) in [5.74, 6) is -5.92. The number of nitrogens with zero attached hydrogens (tertiary/aromatic N) is 2. The van der Waals surface area contributed by atoms with Crippen molar-refractivity contribution in [2.24, 2.45) is 0 Å². The van der Waals surface area contributed by atoms with Gasteiger partial charge >= 0.3 is 0 Å². The van der Waals surface area contributed by atoms with Crippen molar-refractivity contribution in [1.29, 1.82) is 0 Å². The monoisotopic (exact) mass is 449 g/mol. The predicted octanol–water partition coefficient (Wildman–Crippen LogP) is 2.71. The zero-order valence-corrected chi connectivity index (χ0v) is 17.7. The Kier molecular flexibility index (Phi) is 6.42. The lowest BCUT2D eigenvalue weighted by atomic mass is 10.1. The number of aromatic nitrogens is 1. The molecule has 2 heterocycles. The standard InChI is InChI=1S/C22H22F3N3O4/c1-4-11(2)12(3)28-6-5-27-10-15(19(29)20(30)18(27)22(28)32)21(31)26-9-14-16(24)7-13(23)8-17(14)25/h4,7-8,10,12,30H,5-6,9H2,1-3H3,(H,26,31)/b11-4-. The minimum atomic E-state index is -1.19. The number of halogens is 3. The van der Waals surface area contributed by atoms with Crippen molar-refractivity contribution >= 4 is 11.8 Å². The van der Waals surface area contributed by atoms with Gasteiger partial charge in [-0.05, 0) is 20.8 Å². The van der Waals surface area contributed by atoms with E-state index in [1.54, 1.807) is 0 Å². The van der Waals surface area contributed by atoms with E-state index < -0.39 is 58.1 Å². The fourth-order valence-electron chi connectivity index (χ4n) is 3.53. The maximum absolute atomic E-state index is 13.8. The van der Waals surface area contributed by atoms with Gasteiger partial charge in [-0.25, -0.2) is 13.2 Å². The van der Waals surface area contributed by atoms with Crippen molar-refractivity contribution in [1.82, 2.24) is 14.8 Å². The molecular weight excluding hydrogens is 427 g/mol. The molecule has 1 aliphatic rings. The summed E-state index contributed by atoms with van der Waals surface area (Å²) >= 11 is 0. The molecule has 0 fully saturated rings. The van der Waals surface area contributed by atoms with Crippen molar-refractivity contribution < 1.29 is 27.9 Å². The molecule has 1 unspecified atom stereocenters. The van der Waals surface area contributed by atoms with E-state index in [4.69, 9.17) is 0 Å². The zero-order chi connectivity index (χ0) is 23.7. The number of rotatable bonds is 5. The molecule has 0 saturated carbocycles. The molecule has 0 bridgehead atoms. The quantitative estimate of drug-likeness (QED) is 0.687. The SMILES string of the molecule is C/C=C(/C)C(C)N1CCn2cc(C(=O)NCc3c(F)cc(F)cc3F)c(=O)c(O)c2C1=O. The molecule has 1 aromatic carbocycles. The Hall–Kier alpha value is -3.56. The summed E-state index contributed by atoms with van der Waals surface area (Å²) < 4.78 is 41.9. The molecule has 7 nitrogen and oxygen atoms in total. The molecular formula is C22H22F3N3O4. The van der Waals surface area contributed by atoms with E-state index in [1.807, 2.05) is 26.8 Å². The molecule has 2 amide bonds. The minimum Gasteiger partial charge on any atom is -0.503 e. The van der Waals surface area contributed by atoms with Gasteiger partial charge < -0.3 is 19.9 Å². The first kappa shape index (κ1) is 23.1. The fourth-order valence-corrected chi connectivity index (χ4v) is 3.53. The van der Waals surface area contributed by atoms with Gasteiger partial charge in [0, 0.05) is 43.5 Å². The van der Waals surface area contributed by atoms with Crippen LogP contribution in [-0.2, 0) is 13.1 Å². The highest BCUT2D eigenvalue weighted by molar-refractivity contribution is 5.99. The molecule has 0 spiro atoms. The van der Waals surface area contributed by atoms with Crippen LogP contribution in [0.2, 0.25) is 0 Å². The highest BCUT2D eigenvalue weighted by Crippen LogP contribution is 2.24. The second-order valence-corrected chi connectivity index (χ2v) is 7.50. The van der Waals surface area contributed by atoms with Crippen LogP contribution in [0.25, 0.3) is 0 Å². The van der Waals surface area contributed by atoms with E-state index in [1.165, 1.54) is 9.47 Å². The third-order valence-electron chi connectivity index (χ3n) is 5.66. The van der Waals surface area contributed by atoms with E-state index in [9.17, 15) is 32.7 Å². The van der Waals surface area contributed by atoms with Gasteiger partial charge in [-0.2, -0.15) is 0 Å². The molecule has 170 valence electrons. The maximum Gasteiger partial charge on any atom is 0.275 e. The maximum atomic E-state index is 13.8. The molecule has 10 heteroatoms. The van der Waals surface area contributed by atoms with Gasteiger partial charge in [-0.3, -0.25) is 14.4 Å². The van der Waals surface area contributed by atoms with Gasteiger partial charge in [0.25, 0.3) is 11.8 Å². The molecule has 2 aromatic rings. The van der Waals surface area contributed by atoms with E-state index in [0.717, 1.165) is 11.8 Å². The Balaban J connectivity index is 1.89. The Morgan fingerprint density at radius 1 is 1.22 bits per heavy atom. The smallest absolute Gasteiger partial charge is 0.275 e. The number of aromatic hydroxyl groups is 1. The molecule has 1 aromatic heterocycles. The zero-order valence-electron chi connectivity index (χ0n) is 17.7. The Morgan fingerprint density at radius 2 is 1.84 bits per heavy atom. The number of fused-ring (bicyclic) bond motifs is 1. The number of allylic oxidation sites excluding steroid dienone is 1. The first-order valence-electron chi connectivity index (χ1n) is 9.88. The van der Waals surface area contributed by atoms with Gasteiger partial charge in [0.2, 0.25) is 5.43 Å². The van der Waals surface area contributed by atoms with Crippen molar-refractivity contribution in [2.75, 3.05) is 6.54 Å². The summed E-state index contributed by atoms with van der Waals surface area (Å²) in [6.07, 6.45) is 2.99. The predicted molar refractivity (Wildman–Crippen MR) is 110 cm³/mol. The fraction of sp³-hybridized carbons (Fsp3) is 0.318. The van der Waals surface area contributed by atoms with Crippen LogP contribution in [-0.4, -0.2) is 39.0 Å². The lowest BCUT2D eigenvalue weighted by Gasteiger charge is -2.35. The van der Waals surface area contributed by atoms with Crippen LogP contribution in [0.15, 0.2) is 34.8 Å². The number of nitrogens with one attached hydrogen (secondary N) is 1. The number of amides is 2. The molecule has 0 aliphatic carbocycles. The highest BCUT2D eigenvalue weighted by atomic mass is 19.1. The normalized spacial score (nSPS) is 14.9. The number of benzene rings is 1. The third-order valence-corrected chi connectivity index (χ3v) is 5.66. The van der Waals surface area contributed by atoms with Crippen molar-refractivity contribution in [3.05, 3.63) is 74.5 Å². The number of carbonyl (C=O) groups excluding carboxylic acids is 2. The molecule has 32 heavy (non-hydrogen) atoms. The number of pyridine rings is 1. The minimum absolute atomic E-state index is 0.220. The average molecular weight is 449 g/mol. The van der Waals surface area contributed by atoms with Gasteiger partial charge in [-0.15, -0.1) is 0 Å². The summed E-state index contributed by atoms with van der Waals surface area (Å²) in [5, 5.41) is 12.6. The Bertz CT molecular complexity index is 1170. The number of hydrogen-bond donors (Lipinski definition) is 2. The number of hydrogen-bond acceptors (Lipinski definition) is 4. The van der Waals surface area contributed by atoms with E-state index in [2.05, 4.69) is 5.32 Å². The van der Waals surface area contributed by atoms with Crippen LogP contribution in [0.3, 0.4) is 0 Å². The molecule has 0 saturated heterocycles. The summed E-state index contributed by atoms with van der Waals surface area (Å²) in [7, 11) is 0. The van der Waals surface area contributed by atoms with Gasteiger partial charge in [0.15, 0.2) is 11.4 Å². The van der Waals surface area contributed by atoms with Crippen LogP contribution in [0.5, 0.6) is 5.75 Å². The Morgan fingerprint density at radius 3 is 2.44 bits per heavy atom. The van der Waals surface area contributed by atoms with Crippen molar-refractivity contribution in [2.45, 2.75) is 39.9 Å². The second kappa shape index (κ2) is 8.89. The lowest BCUT2D eigenvalue weighted by Crippen LogP contribution is -2.47. The highest BCUT2D eigenvalue weighted by Gasteiger charge is 2.33. The molecule has 3 rings (SSSR count). The topological polar surface area (TPSA) is 91.6 Å². The first-order valence-corrected chi connectivity index (χ1v) is 9.88. The van der Waals surface area contributed by atoms with Crippen LogP contribution in [0.4, 0.5) is 13.2 Å².